The zero-order valence-electron chi connectivity index (χ0n) is 14.9. The lowest BCUT2D eigenvalue weighted by molar-refractivity contribution is 0.236. The molecule has 2 aromatic carbocycles. The summed E-state index contributed by atoms with van der Waals surface area (Å²) < 4.78 is 15.0. The molecule has 0 radical (unpaired) electrons. The third kappa shape index (κ3) is 3.69. The van der Waals surface area contributed by atoms with Crippen molar-refractivity contribution in [3.05, 3.63) is 78.4 Å². The molecule has 0 atom stereocenters. The maximum absolute atomic E-state index is 13.3. The van der Waals surface area contributed by atoms with Crippen LogP contribution in [0.25, 0.3) is 5.69 Å². The first-order chi connectivity index (χ1) is 13.1. The highest BCUT2D eigenvalue weighted by Gasteiger charge is 2.37. The molecular weight excluding hydrogens is 343 g/mol. The molecule has 2 N–H and O–H groups in total. The number of carbonyl (C=O) groups excluding carboxylic acids is 1. The standard InChI is InChI=1S/C21H21FN4O/c22-17-9-7-16(8-10-17)21(11-1-2-12-21)25-20(27)24-18-5-3-6-19(15-18)26-14-4-13-23-26/h3-10,13-15H,1-2,11-12H2,(H2,24,25,27). The van der Waals surface area contributed by atoms with Crippen LogP contribution in [0.15, 0.2) is 67.0 Å². The van der Waals surface area contributed by atoms with Gasteiger partial charge < -0.3 is 10.6 Å². The number of urea groups is 1. The van der Waals surface area contributed by atoms with Crippen molar-refractivity contribution in [1.29, 1.82) is 0 Å². The summed E-state index contributed by atoms with van der Waals surface area (Å²) in [5, 5.41) is 10.3. The lowest BCUT2D eigenvalue weighted by Crippen LogP contribution is -2.45. The van der Waals surface area contributed by atoms with Crippen molar-refractivity contribution in [2.24, 2.45) is 0 Å². The van der Waals surface area contributed by atoms with Crippen LogP contribution in [0.2, 0.25) is 0 Å². The van der Waals surface area contributed by atoms with E-state index in [4.69, 9.17) is 0 Å². The molecule has 6 heteroatoms. The lowest BCUT2D eigenvalue weighted by atomic mass is 9.88. The van der Waals surface area contributed by atoms with Gasteiger partial charge in [0.05, 0.1) is 11.2 Å². The number of rotatable bonds is 4. The number of nitrogens with zero attached hydrogens (tertiary/aromatic N) is 2. The second-order valence-electron chi connectivity index (χ2n) is 6.88. The number of hydrogen-bond acceptors (Lipinski definition) is 2. The molecule has 5 nitrogen and oxygen atoms in total. The molecule has 2 amide bonds. The van der Waals surface area contributed by atoms with E-state index in [0.29, 0.717) is 5.69 Å². The van der Waals surface area contributed by atoms with E-state index < -0.39 is 5.54 Å². The van der Waals surface area contributed by atoms with Gasteiger partial charge in [0.15, 0.2) is 0 Å². The number of hydrogen-bond donors (Lipinski definition) is 2. The van der Waals surface area contributed by atoms with Crippen molar-refractivity contribution < 1.29 is 9.18 Å². The summed E-state index contributed by atoms with van der Waals surface area (Å²) in [7, 11) is 0. The summed E-state index contributed by atoms with van der Waals surface area (Å²) in [6.07, 6.45) is 7.32. The third-order valence-electron chi connectivity index (χ3n) is 5.08. The van der Waals surface area contributed by atoms with Gasteiger partial charge in [0, 0.05) is 18.1 Å². The van der Waals surface area contributed by atoms with Crippen molar-refractivity contribution in [3.63, 3.8) is 0 Å². The summed E-state index contributed by atoms with van der Waals surface area (Å²) in [6.45, 7) is 0. The van der Waals surface area contributed by atoms with Crippen LogP contribution in [0.5, 0.6) is 0 Å². The molecule has 3 aromatic rings. The number of halogens is 1. The monoisotopic (exact) mass is 364 g/mol. The van der Waals surface area contributed by atoms with Crippen LogP contribution in [0.1, 0.15) is 31.2 Å². The summed E-state index contributed by atoms with van der Waals surface area (Å²) in [5.74, 6) is -0.271. The maximum atomic E-state index is 13.3. The molecule has 1 saturated carbocycles. The zero-order valence-corrected chi connectivity index (χ0v) is 14.9. The van der Waals surface area contributed by atoms with E-state index in [1.807, 2.05) is 36.5 Å². The third-order valence-corrected chi connectivity index (χ3v) is 5.08. The van der Waals surface area contributed by atoms with Gasteiger partial charge in [-0.05, 0) is 54.8 Å². The van der Waals surface area contributed by atoms with E-state index in [-0.39, 0.29) is 11.8 Å². The SMILES string of the molecule is O=C(Nc1cccc(-n2cccn2)c1)NC1(c2ccc(F)cc2)CCCC1. The highest BCUT2D eigenvalue weighted by Crippen LogP contribution is 2.38. The van der Waals surface area contributed by atoms with E-state index in [9.17, 15) is 9.18 Å². The molecule has 0 aliphatic heterocycles. The van der Waals surface area contributed by atoms with Crippen LogP contribution in [0.4, 0.5) is 14.9 Å². The molecule has 0 unspecified atom stereocenters. The summed E-state index contributed by atoms with van der Waals surface area (Å²) in [4.78, 5) is 12.7. The molecule has 0 saturated heterocycles. The second kappa shape index (κ2) is 7.23. The minimum absolute atomic E-state index is 0.265. The zero-order chi connectivity index (χ0) is 18.7. The van der Waals surface area contributed by atoms with Gasteiger partial charge in [0.25, 0.3) is 0 Å². The molecule has 27 heavy (non-hydrogen) atoms. The first-order valence-corrected chi connectivity index (χ1v) is 9.10. The van der Waals surface area contributed by atoms with Gasteiger partial charge in [0.1, 0.15) is 5.82 Å². The Hall–Kier alpha value is -3.15. The van der Waals surface area contributed by atoms with Crippen LogP contribution in [-0.2, 0) is 5.54 Å². The van der Waals surface area contributed by atoms with Gasteiger partial charge in [0.2, 0.25) is 0 Å². The first kappa shape index (κ1) is 17.3. The minimum Gasteiger partial charge on any atom is -0.328 e. The van der Waals surface area contributed by atoms with E-state index >= 15 is 0 Å². The molecular formula is C21H21FN4O. The fraction of sp³-hybridized carbons (Fsp3) is 0.238. The van der Waals surface area contributed by atoms with Crippen molar-refractivity contribution in [2.75, 3.05) is 5.32 Å². The van der Waals surface area contributed by atoms with E-state index in [1.54, 1.807) is 23.0 Å². The Balaban J connectivity index is 1.51. The molecule has 0 spiro atoms. The number of amides is 2. The normalized spacial score (nSPS) is 15.4. The molecule has 138 valence electrons. The van der Waals surface area contributed by atoms with Gasteiger partial charge >= 0.3 is 6.03 Å². The summed E-state index contributed by atoms with van der Waals surface area (Å²) >= 11 is 0. The predicted octanol–water partition coefficient (Wildman–Crippen LogP) is 4.60. The maximum Gasteiger partial charge on any atom is 0.319 e. The Bertz CT molecular complexity index is 916. The first-order valence-electron chi connectivity index (χ1n) is 9.10. The molecule has 1 aliphatic rings. The quantitative estimate of drug-likeness (QED) is 0.711. The molecule has 4 rings (SSSR count). The second-order valence-corrected chi connectivity index (χ2v) is 6.88. The van der Waals surface area contributed by atoms with Gasteiger partial charge in [-0.15, -0.1) is 0 Å². The Morgan fingerprint density at radius 2 is 1.85 bits per heavy atom. The van der Waals surface area contributed by atoms with Gasteiger partial charge in [-0.1, -0.05) is 31.0 Å². The van der Waals surface area contributed by atoms with Crippen molar-refractivity contribution in [3.8, 4) is 5.69 Å². The largest absolute Gasteiger partial charge is 0.328 e. The Morgan fingerprint density at radius 1 is 1.07 bits per heavy atom. The van der Waals surface area contributed by atoms with Crippen molar-refractivity contribution >= 4 is 11.7 Å². The molecule has 1 fully saturated rings. The topological polar surface area (TPSA) is 59.0 Å². The summed E-state index contributed by atoms with van der Waals surface area (Å²) in [6, 6.07) is 15.5. The fourth-order valence-corrected chi connectivity index (χ4v) is 3.76. The number of aromatic nitrogens is 2. The Labute approximate surface area is 157 Å². The van der Waals surface area contributed by atoms with E-state index in [2.05, 4.69) is 15.7 Å². The van der Waals surface area contributed by atoms with Crippen LogP contribution in [0.3, 0.4) is 0 Å². The van der Waals surface area contributed by atoms with Crippen molar-refractivity contribution in [2.45, 2.75) is 31.2 Å². The highest BCUT2D eigenvalue weighted by atomic mass is 19.1. The predicted molar refractivity (Wildman–Crippen MR) is 102 cm³/mol. The minimum atomic E-state index is -0.447. The van der Waals surface area contributed by atoms with Gasteiger partial charge in [-0.2, -0.15) is 5.10 Å². The van der Waals surface area contributed by atoms with Crippen molar-refractivity contribution in [1.82, 2.24) is 15.1 Å². The Kier molecular flexibility index (Phi) is 4.62. The van der Waals surface area contributed by atoms with E-state index in [0.717, 1.165) is 36.9 Å². The number of nitrogens with one attached hydrogen (secondary N) is 2. The average molecular weight is 364 g/mol. The molecule has 1 heterocycles. The Morgan fingerprint density at radius 3 is 2.56 bits per heavy atom. The number of anilines is 1. The van der Waals surface area contributed by atoms with Crippen LogP contribution in [0, 0.1) is 5.82 Å². The smallest absolute Gasteiger partial charge is 0.319 e. The highest BCUT2D eigenvalue weighted by molar-refractivity contribution is 5.90. The number of benzene rings is 2. The molecule has 0 bridgehead atoms. The number of carbonyl (C=O) groups is 1. The fourth-order valence-electron chi connectivity index (χ4n) is 3.76. The molecule has 1 aliphatic carbocycles. The van der Waals surface area contributed by atoms with Crippen LogP contribution >= 0.6 is 0 Å². The lowest BCUT2D eigenvalue weighted by Gasteiger charge is -2.31. The van der Waals surface area contributed by atoms with E-state index in [1.165, 1.54) is 12.1 Å². The molecule has 1 aromatic heterocycles. The van der Waals surface area contributed by atoms with Crippen LogP contribution in [-0.4, -0.2) is 15.8 Å². The van der Waals surface area contributed by atoms with Gasteiger partial charge in [-0.3, -0.25) is 0 Å². The summed E-state index contributed by atoms with van der Waals surface area (Å²) in [5.41, 5.74) is 2.05. The van der Waals surface area contributed by atoms with Crippen LogP contribution < -0.4 is 10.6 Å². The van der Waals surface area contributed by atoms with Gasteiger partial charge in [-0.25, -0.2) is 13.9 Å². The average Bonchev–Trinajstić information content (AvgIpc) is 3.35.